The molecule has 0 heterocycles. The van der Waals surface area contributed by atoms with Crippen LogP contribution in [-0.2, 0) is 27.5 Å². The summed E-state index contributed by atoms with van der Waals surface area (Å²) in [6.45, 7) is -3.20. The maximum atomic E-state index is 9.43. The summed E-state index contributed by atoms with van der Waals surface area (Å²) < 4.78 is 14.3. The average Bonchev–Trinajstić information content (AvgIpc) is 2.38. The third kappa shape index (κ3) is 4.37. The van der Waals surface area contributed by atoms with Crippen LogP contribution in [-0.4, -0.2) is 11.0 Å². The smallest absolute Gasteiger partial charge is 0.414 e. The van der Waals surface area contributed by atoms with Gasteiger partial charge in [0.15, 0.2) is 0 Å². The van der Waals surface area contributed by atoms with E-state index >= 15 is 0 Å². The largest absolute Gasteiger partial charge is 0.508 e. The Kier molecular flexibility index (Phi) is 6.31. The normalized spacial score (nSPS) is 11.5. The average molecular weight is 313 g/mol. The van der Waals surface area contributed by atoms with Gasteiger partial charge in [-0.05, 0) is 36.6 Å². The number of phenolic OH excluding ortho intramolecular Hbond substituents is 1. The minimum atomic E-state index is -3.20. The van der Waals surface area contributed by atoms with E-state index in [-0.39, 0.29) is 5.75 Å². The minimum absolute atomic E-state index is 0.113. The van der Waals surface area contributed by atoms with Crippen molar-refractivity contribution in [2.75, 3.05) is 5.88 Å². The first kappa shape index (κ1) is 15.7. The molecule has 1 aromatic carbocycles. The van der Waals surface area contributed by atoms with Crippen LogP contribution in [0, 0.1) is 0 Å². The second-order valence-corrected chi connectivity index (χ2v) is 6.55. The van der Waals surface area contributed by atoms with E-state index in [0.29, 0.717) is 18.1 Å². The number of hydrogen-bond donors (Lipinski definition) is 3. The highest BCUT2D eigenvalue weighted by Crippen LogP contribution is 2.47. The molecule has 1 aromatic rings. The Labute approximate surface area is 115 Å². The van der Waals surface area contributed by atoms with E-state index in [2.05, 4.69) is 9.25 Å². The molecule has 0 unspecified atom stereocenters. The van der Waals surface area contributed by atoms with Crippen molar-refractivity contribution in [3.63, 3.8) is 0 Å². The van der Waals surface area contributed by atoms with E-state index in [0.717, 1.165) is 12.0 Å². The van der Waals surface area contributed by atoms with E-state index in [1.807, 2.05) is 0 Å². The van der Waals surface area contributed by atoms with E-state index in [9.17, 15) is 5.11 Å². The molecule has 0 fully saturated rings. The summed E-state index contributed by atoms with van der Waals surface area (Å²) >= 11 is 10.5. The van der Waals surface area contributed by atoms with Crippen molar-refractivity contribution in [2.24, 2.45) is 11.8 Å². The molecule has 0 aliphatic rings. The van der Waals surface area contributed by atoms with Crippen LogP contribution < -0.4 is 16.3 Å². The summed E-state index contributed by atoms with van der Waals surface area (Å²) in [6.07, 6.45) is 1.33. The number of benzene rings is 1. The summed E-state index contributed by atoms with van der Waals surface area (Å²) in [5.41, 5.74) is 0.721. The summed E-state index contributed by atoms with van der Waals surface area (Å²) in [5, 5.41) is 9.43. The maximum Gasteiger partial charge on any atom is 0.414 e. The third-order valence-corrected chi connectivity index (χ3v) is 4.04. The lowest BCUT2D eigenvalue weighted by Gasteiger charge is -2.18. The van der Waals surface area contributed by atoms with Crippen LogP contribution in [0.4, 0.5) is 0 Å². The maximum absolute atomic E-state index is 9.43. The van der Waals surface area contributed by atoms with Gasteiger partial charge in [0.05, 0.1) is 0 Å². The van der Waals surface area contributed by atoms with Crippen molar-refractivity contribution in [3.8, 4) is 11.5 Å². The standard InChI is InChI=1S/C9H14ClN2O4PS/c10-5-1-2-7-6-8(13)3-4-9(7)14-17(18,15-11)16-12/h3-4,6,13H,1-2,5,11-12H2. The molecule has 0 saturated heterocycles. The number of rotatable bonds is 7. The lowest BCUT2D eigenvalue weighted by atomic mass is 10.1. The molecule has 0 spiro atoms. The number of phenols is 1. The molecule has 0 saturated carbocycles. The number of aromatic hydroxyl groups is 1. The summed E-state index contributed by atoms with van der Waals surface area (Å²) in [7, 11) is 0. The first-order chi connectivity index (χ1) is 8.54. The van der Waals surface area contributed by atoms with Crippen LogP contribution in [0.25, 0.3) is 0 Å². The fourth-order valence-electron chi connectivity index (χ4n) is 1.30. The van der Waals surface area contributed by atoms with Crippen molar-refractivity contribution in [1.29, 1.82) is 0 Å². The fourth-order valence-corrected chi connectivity index (χ4v) is 2.23. The second-order valence-electron chi connectivity index (χ2n) is 3.33. The van der Waals surface area contributed by atoms with Gasteiger partial charge in [-0.2, -0.15) is 0 Å². The lowest BCUT2D eigenvalue weighted by Crippen LogP contribution is -2.10. The zero-order chi connectivity index (χ0) is 13.6. The SMILES string of the molecule is NOP(=S)(ON)Oc1ccc(O)cc1CCCCl. The van der Waals surface area contributed by atoms with Crippen molar-refractivity contribution in [1.82, 2.24) is 0 Å². The number of hydrogen-bond acceptors (Lipinski definition) is 7. The summed E-state index contributed by atoms with van der Waals surface area (Å²) in [6, 6.07) is 4.54. The predicted molar refractivity (Wildman–Crippen MR) is 72.6 cm³/mol. The zero-order valence-corrected chi connectivity index (χ0v) is 11.9. The Bertz CT molecular complexity index is 441. The molecule has 0 radical (unpaired) electrons. The van der Waals surface area contributed by atoms with E-state index in [1.54, 1.807) is 6.07 Å². The topological polar surface area (TPSA) is 100.0 Å². The molecule has 0 aromatic heterocycles. The highest BCUT2D eigenvalue weighted by atomic mass is 35.5. The van der Waals surface area contributed by atoms with Crippen molar-refractivity contribution < 1.29 is 18.9 Å². The van der Waals surface area contributed by atoms with Crippen LogP contribution in [0.2, 0.25) is 0 Å². The fraction of sp³-hybridized carbons (Fsp3) is 0.333. The van der Waals surface area contributed by atoms with E-state index in [4.69, 9.17) is 39.7 Å². The van der Waals surface area contributed by atoms with Crippen molar-refractivity contribution >= 4 is 30.1 Å². The molecule has 1 rings (SSSR count). The Morgan fingerprint density at radius 3 is 2.56 bits per heavy atom. The van der Waals surface area contributed by atoms with Gasteiger partial charge in [-0.1, -0.05) is 0 Å². The molecule has 18 heavy (non-hydrogen) atoms. The van der Waals surface area contributed by atoms with Gasteiger partial charge in [-0.15, -0.1) is 11.6 Å². The quantitative estimate of drug-likeness (QED) is 0.402. The van der Waals surface area contributed by atoms with Crippen LogP contribution in [0.5, 0.6) is 11.5 Å². The molecular formula is C9H14ClN2O4PS. The molecule has 5 N–H and O–H groups in total. The number of alkyl halides is 1. The number of halogens is 1. The molecule has 0 atom stereocenters. The minimum Gasteiger partial charge on any atom is -0.508 e. The van der Waals surface area contributed by atoms with E-state index in [1.165, 1.54) is 12.1 Å². The lowest BCUT2D eigenvalue weighted by molar-refractivity contribution is 0.208. The van der Waals surface area contributed by atoms with Crippen LogP contribution in [0.15, 0.2) is 18.2 Å². The highest BCUT2D eigenvalue weighted by molar-refractivity contribution is 8.07. The Hall–Kier alpha value is -0.400. The Morgan fingerprint density at radius 1 is 1.33 bits per heavy atom. The molecule has 0 bridgehead atoms. The molecule has 0 amide bonds. The van der Waals surface area contributed by atoms with Gasteiger partial charge in [0.2, 0.25) is 0 Å². The number of aryl methyl sites for hydroxylation is 1. The van der Waals surface area contributed by atoms with E-state index < -0.39 is 6.72 Å². The first-order valence-corrected chi connectivity index (χ1v) is 8.08. The predicted octanol–water partition coefficient (Wildman–Crippen LogP) is 1.95. The first-order valence-electron chi connectivity index (χ1n) is 4.99. The van der Waals surface area contributed by atoms with Crippen LogP contribution >= 0.6 is 18.3 Å². The molecular weight excluding hydrogens is 299 g/mol. The van der Waals surface area contributed by atoms with Gasteiger partial charge < -0.3 is 9.63 Å². The molecule has 0 aliphatic carbocycles. The molecule has 9 heteroatoms. The molecule has 102 valence electrons. The molecule has 6 nitrogen and oxygen atoms in total. The highest BCUT2D eigenvalue weighted by Gasteiger charge is 2.22. The zero-order valence-electron chi connectivity index (χ0n) is 9.41. The third-order valence-electron chi connectivity index (χ3n) is 2.09. The van der Waals surface area contributed by atoms with Gasteiger partial charge >= 0.3 is 6.72 Å². The molecule has 0 aliphatic heterocycles. The van der Waals surface area contributed by atoms with Gasteiger partial charge in [0, 0.05) is 17.7 Å². The van der Waals surface area contributed by atoms with Crippen molar-refractivity contribution in [2.45, 2.75) is 12.8 Å². The van der Waals surface area contributed by atoms with Crippen LogP contribution in [0.1, 0.15) is 12.0 Å². The summed E-state index contributed by atoms with van der Waals surface area (Å²) in [4.78, 5) is 0. The van der Waals surface area contributed by atoms with Gasteiger partial charge in [-0.3, -0.25) is 0 Å². The van der Waals surface area contributed by atoms with Gasteiger partial charge in [-0.25, -0.2) is 21.0 Å². The monoisotopic (exact) mass is 312 g/mol. The summed E-state index contributed by atoms with van der Waals surface area (Å²) in [5.74, 6) is 11.0. The van der Waals surface area contributed by atoms with Crippen molar-refractivity contribution in [3.05, 3.63) is 23.8 Å². The van der Waals surface area contributed by atoms with Gasteiger partial charge in [0.25, 0.3) is 0 Å². The van der Waals surface area contributed by atoms with Gasteiger partial charge in [0.1, 0.15) is 11.5 Å². The van der Waals surface area contributed by atoms with Crippen LogP contribution in [0.3, 0.4) is 0 Å². The number of nitrogens with two attached hydrogens (primary N) is 2. The Morgan fingerprint density at radius 2 is 2.00 bits per heavy atom. The second kappa shape index (κ2) is 7.25. The Balaban J connectivity index is 2.96.